The molecule has 0 amide bonds. The summed E-state index contributed by atoms with van der Waals surface area (Å²) in [6.07, 6.45) is 3.04. The molecule has 70 valence electrons. The number of halogens is 1. The lowest BCUT2D eigenvalue weighted by atomic mass is 10.3. The van der Waals surface area contributed by atoms with Crippen molar-refractivity contribution in [2.75, 3.05) is 13.2 Å². The number of aromatic nitrogens is 1. The van der Waals surface area contributed by atoms with Gasteiger partial charge in [-0.1, -0.05) is 0 Å². The fourth-order valence-electron chi connectivity index (χ4n) is 0.758. The van der Waals surface area contributed by atoms with Crippen LogP contribution in [0.1, 0.15) is 10.4 Å². The zero-order valence-corrected chi connectivity index (χ0v) is 8.45. The molecule has 0 aliphatic rings. The Kier molecular flexibility index (Phi) is 3.85. The van der Waals surface area contributed by atoms with Crippen molar-refractivity contribution in [3.63, 3.8) is 0 Å². The van der Waals surface area contributed by atoms with E-state index in [1.165, 1.54) is 6.20 Å². The number of carbonyl (C=O) groups is 1. The molecule has 0 aliphatic carbocycles. The Balaban J connectivity index is 2.66. The largest absolute Gasteiger partial charge is 0.461 e. The van der Waals surface area contributed by atoms with Gasteiger partial charge in [0.15, 0.2) is 0 Å². The standard InChI is InChI=1S/C8H9BrN2O2/c9-7-3-6(4-11-5-7)8(12)13-2-1-10/h3-5H,1-2,10H2. The van der Waals surface area contributed by atoms with Crippen LogP contribution in [0, 0.1) is 0 Å². The second kappa shape index (κ2) is 4.94. The van der Waals surface area contributed by atoms with Crippen LogP contribution in [0.2, 0.25) is 0 Å². The SMILES string of the molecule is NCCOC(=O)c1cncc(Br)c1. The van der Waals surface area contributed by atoms with Gasteiger partial charge in [-0.05, 0) is 22.0 Å². The van der Waals surface area contributed by atoms with E-state index in [0.29, 0.717) is 12.1 Å². The first kappa shape index (κ1) is 10.1. The van der Waals surface area contributed by atoms with Gasteiger partial charge in [-0.15, -0.1) is 0 Å². The average molecular weight is 245 g/mol. The molecule has 1 aromatic heterocycles. The molecular formula is C8H9BrN2O2. The fraction of sp³-hybridized carbons (Fsp3) is 0.250. The maximum Gasteiger partial charge on any atom is 0.339 e. The van der Waals surface area contributed by atoms with Crippen molar-refractivity contribution in [3.05, 3.63) is 28.5 Å². The summed E-state index contributed by atoms with van der Waals surface area (Å²) < 4.78 is 5.55. The summed E-state index contributed by atoms with van der Waals surface area (Å²) in [5, 5.41) is 0. The van der Waals surface area contributed by atoms with Gasteiger partial charge in [0.25, 0.3) is 0 Å². The zero-order valence-electron chi connectivity index (χ0n) is 6.87. The van der Waals surface area contributed by atoms with Gasteiger partial charge in [-0.3, -0.25) is 4.98 Å². The summed E-state index contributed by atoms with van der Waals surface area (Å²) >= 11 is 3.20. The number of esters is 1. The summed E-state index contributed by atoms with van der Waals surface area (Å²) in [5.74, 6) is -0.403. The highest BCUT2D eigenvalue weighted by atomic mass is 79.9. The van der Waals surface area contributed by atoms with Crippen LogP contribution >= 0.6 is 15.9 Å². The van der Waals surface area contributed by atoms with Crippen LogP contribution in [0.25, 0.3) is 0 Å². The predicted octanol–water partition coefficient (Wildman–Crippen LogP) is 0.960. The van der Waals surface area contributed by atoms with Gasteiger partial charge in [-0.25, -0.2) is 4.79 Å². The molecule has 0 fully saturated rings. The van der Waals surface area contributed by atoms with Crippen LogP contribution in [0.3, 0.4) is 0 Å². The highest BCUT2D eigenvalue weighted by molar-refractivity contribution is 9.10. The number of nitrogens with two attached hydrogens (primary N) is 1. The maximum absolute atomic E-state index is 11.2. The third-order valence-corrected chi connectivity index (χ3v) is 1.73. The average Bonchev–Trinajstić information content (AvgIpc) is 2.14. The Hall–Kier alpha value is -0.940. The molecule has 0 aliphatic heterocycles. The minimum atomic E-state index is -0.403. The van der Waals surface area contributed by atoms with E-state index < -0.39 is 5.97 Å². The number of rotatable bonds is 3. The predicted molar refractivity (Wildman–Crippen MR) is 51.3 cm³/mol. The Morgan fingerprint density at radius 2 is 2.38 bits per heavy atom. The van der Waals surface area contributed by atoms with Crippen molar-refractivity contribution in [1.29, 1.82) is 0 Å². The van der Waals surface area contributed by atoms with Crippen molar-refractivity contribution in [1.82, 2.24) is 4.98 Å². The minimum absolute atomic E-state index is 0.228. The molecule has 0 atom stereocenters. The highest BCUT2D eigenvalue weighted by Crippen LogP contribution is 2.10. The van der Waals surface area contributed by atoms with E-state index in [4.69, 9.17) is 10.5 Å². The normalized spacial score (nSPS) is 9.69. The molecule has 1 aromatic rings. The number of hydrogen-bond acceptors (Lipinski definition) is 4. The molecule has 0 saturated heterocycles. The first-order valence-electron chi connectivity index (χ1n) is 3.72. The maximum atomic E-state index is 11.2. The Morgan fingerprint density at radius 1 is 1.62 bits per heavy atom. The molecule has 2 N–H and O–H groups in total. The summed E-state index contributed by atoms with van der Waals surface area (Å²) in [4.78, 5) is 15.1. The van der Waals surface area contributed by atoms with Gasteiger partial charge in [0.1, 0.15) is 6.61 Å². The van der Waals surface area contributed by atoms with Crippen molar-refractivity contribution >= 4 is 21.9 Å². The molecule has 0 unspecified atom stereocenters. The zero-order chi connectivity index (χ0) is 9.68. The van der Waals surface area contributed by atoms with Gasteiger partial charge in [0.2, 0.25) is 0 Å². The third-order valence-electron chi connectivity index (χ3n) is 1.29. The van der Waals surface area contributed by atoms with E-state index >= 15 is 0 Å². The molecule has 1 rings (SSSR count). The molecule has 0 aromatic carbocycles. The van der Waals surface area contributed by atoms with Crippen LogP contribution in [0.4, 0.5) is 0 Å². The quantitative estimate of drug-likeness (QED) is 0.805. The van der Waals surface area contributed by atoms with E-state index in [9.17, 15) is 4.79 Å². The fourth-order valence-corrected chi connectivity index (χ4v) is 1.12. The number of carbonyl (C=O) groups excluding carboxylic acids is 1. The third kappa shape index (κ3) is 3.12. The lowest BCUT2D eigenvalue weighted by molar-refractivity contribution is 0.0516. The number of ether oxygens (including phenoxy) is 1. The number of pyridine rings is 1. The lowest BCUT2D eigenvalue weighted by Crippen LogP contribution is -2.13. The van der Waals surface area contributed by atoms with E-state index in [0.717, 1.165) is 4.47 Å². The summed E-state index contributed by atoms with van der Waals surface area (Å²) in [6.45, 7) is 0.554. The first-order chi connectivity index (χ1) is 6.24. The molecule has 0 spiro atoms. The molecule has 0 saturated carbocycles. The van der Waals surface area contributed by atoms with E-state index in [-0.39, 0.29) is 6.61 Å². The van der Waals surface area contributed by atoms with Crippen molar-refractivity contribution in [2.45, 2.75) is 0 Å². The van der Waals surface area contributed by atoms with E-state index in [1.54, 1.807) is 12.3 Å². The van der Waals surface area contributed by atoms with Gasteiger partial charge in [0, 0.05) is 23.4 Å². The lowest BCUT2D eigenvalue weighted by Gasteiger charge is -2.01. The Morgan fingerprint density at radius 3 is 3.00 bits per heavy atom. The van der Waals surface area contributed by atoms with Crippen molar-refractivity contribution < 1.29 is 9.53 Å². The van der Waals surface area contributed by atoms with Gasteiger partial charge < -0.3 is 10.5 Å². The monoisotopic (exact) mass is 244 g/mol. The number of nitrogens with zero attached hydrogens (tertiary/aromatic N) is 1. The number of hydrogen-bond donors (Lipinski definition) is 1. The van der Waals surface area contributed by atoms with Crippen molar-refractivity contribution in [3.8, 4) is 0 Å². The Bertz CT molecular complexity index is 304. The summed E-state index contributed by atoms with van der Waals surface area (Å²) in [7, 11) is 0. The van der Waals surface area contributed by atoms with Crippen LogP contribution in [-0.2, 0) is 4.74 Å². The molecule has 0 bridgehead atoms. The van der Waals surface area contributed by atoms with Crippen LogP contribution in [0.5, 0.6) is 0 Å². The van der Waals surface area contributed by atoms with Gasteiger partial charge in [0.05, 0.1) is 5.56 Å². The molecule has 13 heavy (non-hydrogen) atoms. The van der Waals surface area contributed by atoms with Crippen molar-refractivity contribution in [2.24, 2.45) is 5.73 Å². The van der Waals surface area contributed by atoms with Crippen LogP contribution in [-0.4, -0.2) is 24.1 Å². The van der Waals surface area contributed by atoms with Crippen LogP contribution in [0.15, 0.2) is 22.9 Å². The second-order valence-corrected chi connectivity index (χ2v) is 3.23. The Labute approximate surface area is 84.2 Å². The molecule has 4 nitrogen and oxygen atoms in total. The smallest absolute Gasteiger partial charge is 0.339 e. The topological polar surface area (TPSA) is 65.2 Å². The first-order valence-corrected chi connectivity index (χ1v) is 4.51. The van der Waals surface area contributed by atoms with E-state index in [2.05, 4.69) is 20.9 Å². The van der Waals surface area contributed by atoms with E-state index in [1.807, 2.05) is 0 Å². The molecule has 1 heterocycles. The summed E-state index contributed by atoms with van der Waals surface area (Å²) in [5.41, 5.74) is 5.60. The summed E-state index contributed by atoms with van der Waals surface area (Å²) in [6, 6.07) is 1.64. The molecule has 5 heteroatoms. The van der Waals surface area contributed by atoms with Gasteiger partial charge >= 0.3 is 5.97 Å². The van der Waals surface area contributed by atoms with Gasteiger partial charge in [-0.2, -0.15) is 0 Å². The molecular weight excluding hydrogens is 236 g/mol. The minimum Gasteiger partial charge on any atom is -0.461 e. The molecule has 0 radical (unpaired) electrons. The highest BCUT2D eigenvalue weighted by Gasteiger charge is 2.06. The second-order valence-electron chi connectivity index (χ2n) is 2.32. The van der Waals surface area contributed by atoms with Crippen LogP contribution < -0.4 is 5.73 Å².